The first-order valence-corrected chi connectivity index (χ1v) is 6.16. The lowest BCUT2D eigenvalue weighted by Gasteiger charge is -2.08. The van der Waals surface area contributed by atoms with Crippen LogP contribution in [0, 0.1) is 11.6 Å². The maximum atomic E-state index is 12.9. The number of carbonyl (C=O) groups excluding carboxylic acids is 2. The van der Waals surface area contributed by atoms with Crippen LogP contribution in [-0.4, -0.2) is 11.8 Å². The zero-order valence-corrected chi connectivity index (χ0v) is 11.2. The molecule has 2 N–H and O–H groups in total. The minimum atomic E-state index is -0.699. The zero-order valence-electron chi connectivity index (χ0n) is 10.5. The predicted octanol–water partition coefficient (Wildman–Crippen LogP) is 2.69. The van der Waals surface area contributed by atoms with Crippen molar-refractivity contribution in [3.63, 3.8) is 0 Å². The molecule has 0 aliphatic heterocycles. The number of carbonyl (C=O) groups is 2. The standard InChI is InChI=1S/C14H9ClF2N2O2/c15-12-7-10(17)5-6-11(12)14(21)19-18-13(20)8-1-3-9(16)4-2-8/h1-7H,(H,18,20)(H,19,21). The summed E-state index contributed by atoms with van der Waals surface area (Å²) in [7, 11) is 0. The van der Waals surface area contributed by atoms with Gasteiger partial charge < -0.3 is 0 Å². The summed E-state index contributed by atoms with van der Waals surface area (Å²) in [5, 5.41) is -0.0801. The highest BCUT2D eigenvalue weighted by atomic mass is 35.5. The van der Waals surface area contributed by atoms with Crippen LogP contribution < -0.4 is 10.9 Å². The molecule has 0 unspecified atom stereocenters. The zero-order chi connectivity index (χ0) is 15.4. The van der Waals surface area contributed by atoms with Gasteiger partial charge in [0.2, 0.25) is 0 Å². The average Bonchev–Trinajstić information content (AvgIpc) is 2.45. The summed E-state index contributed by atoms with van der Waals surface area (Å²) in [6, 6.07) is 8.02. The van der Waals surface area contributed by atoms with Crippen molar-refractivity contribution < 1.29 is 18.4 Å². The van der Waals surface area contributed by atoms with E-state index in [0.717, 1.165) is 24.3 Å². The van der Waals surface area contributed by atoms with Gasteiger partial charge in [0.25, 0.3) is 11.8 Å². The first-order chi connectivity index (χ1) is 9.97. The molecule has 2 amide bonds. The lowest BCUT2D eigenvalue weighted by Crippen LogP contribution is -2.41. The Kier molecular flexibility index (Phi) is 4.49. The number of halogens is 3. The second kappa shape index (κ2) is 6.32. The van der Waals surface area contributed by atoms with Crippen LogP contribution in [0.15, 0.2) is 42.5 Å². The molecule has 0 aliphatic carbocycles. The number of hydrogen-bond acceptors (Lipinski definition) is 2. The Hall–Kier alpha value is -2.47. The number of rotatable bonds is 2. The predicted molar refractivity (Wildman–Crippen MR) is 72.7 cm³/mol. The van der Waals surface area contributed by atoms with Crippen LogP contribution >= 0.6 is 11.6 Å². The molecule has 0 bridgehead atoms. The average molecular weight is 311 g/mol. The Bertz CT molecular complexity index is 690. The van der Waals surface area contributed by atoms with Crippen LogP contribution in [0.2, 0.25) is 5.02 Å². The van der Waals surface area contributed by atoms with E-state index in [4.69, 9.17) is 11.6 Å². The Labute approximate surface area is 123 Å². The molecule has 2 aromatic carbocycles. The molecule has 0 radical (unpaired) electrons. The topological polar surface area (TPSA) is 58.2 Å². The molecular formula is C14H9ClF2N2O2. The first kappa shape index (κ1) is 14.9. The molecule has 0 aromatic heterocycles. The van der Waals surface area contributed by atoms with Crippen LogP contribution in [0.25, 0.3) is 0 Å². The quantitative estimate of drug-likeness (QED) is 0.838. The molecule has 0 atom stereocenters. The van der Waals surface area contributed by atoms with Crippen molar-refractivity contribution in [2.24, 2.45) is 0 Å². The van der Waals surface area contributed by atoms with Gasteiger partial charge in [-0.3, -0.25) is 20.4 Å². The lowest BCUT2D eigenvalue weighted by atomic mass is 10.2. The largest absolute Gasteiger partial charge is 0.271 e. The molecule has 2 rings (SSSR count). The normalized spacial score (nSPS) is 10.0. The number of nitrogens with one attached hydrogen (secondary N) is 2. The van der Waals surface area contributed by atoms with E-state index in [0.29, 0.717) is 0 Å². The summed E-state index contributed by atoms with van der Waals surface area (Å²) in [6.07, 6.45) is 0. The fourth-order valence-corrected chi connectivity index (χ4v) is 1.78. The van der Waals surface area contributed by atoms with E-state index in [9.17, 15) is 18.4 Å². The molecule has 0 heterocycles. The van der Waals surface area contributed by atoms with Gasteiger partial charge in [-0.2, -0.15) is 0 Å². The Morgan fingerprint density at radius 1 is 0.857 bits per heavy atom. The van der Waals surface area contributed by atoms with Crippen molar-refractivity contribution in [3.8, 4) is 0 Å². The van der Waals surface area contributed by atoms with E-state index in [1.165, 1.54) is 18.2 Å². The number of hydrogen-bond donors (Lipinski definition) is 2. The summed E-state index contributed by atoms with van der Waals surface area (Å²) in [4.78, 5) is 23.5. The van der Waals surface area contributed by atoms with Crippen LogP contribution in [-0.2, 0) is 0 Å². The fraction of sp³-hybridized carbons (Fsp3) is 0. The summed E-state index contributed by atoms with van der Waals surface area (Å²) in [5.41, 5.74) is 4.46. The van der Waals surface area contributed by atoms with E-state index in [1.54, 1.807) is 0 Å². The minimum absolute atomic E-state index is 0.0115. The molecule has 0 spiro atoms. The van der Waals surface area contributed by atoms with E-state index in [2.05, 4.69) is 10.9 Å². The minimum Gasteiger partial charge on any atom is -0.267 e. The maximum absolute atomic E-state index is 12.9. The summed E-state index contributed by atoms with van der Waals surface area (Å²) in [5.74, 6) is -2.38. The van der Waals surface area contributed by atoms with Gasteiger partial charge in [-0.15, -0.1) is 0 Å². The Morgan fingerprint density at radius 3 is 2.05 bits per heavy atom. The Balaban J connectivity index is 2.00. The lowest BCUT2D eigenvalue weighted by molar-refractivity contribution is 0.0846. The molecule has 0 aliphatic rings. The van der Waals surface area contributed by atoms with Crippen molar-refractivity contribution in [1.82, 2.24) is 10.9 Å². The highest BCUT2D eigenvalue weighted by Crippen LogP contribution is 2.16. The molecule has 4 nitrogen and oxygen atoms in total. The van der Waals surface area contributed by atoms with Gasteiger partial charge in [0.1, 0.15) is 11.6 Å². The molecule has 0 saturated carbocycles. The maximum Gasteiger partial charge on any atom is 0.271 e. The number of benzene rings is 2. The fourth-order valence-electron chi connectivity index (χ4n) is 1.53. The molecular weight excluding hydrogens is 302 g/mol. The highest BCUT2D eigenvalue weighted by Gasteiger charge is 2.12. The summed E-state index contributed by atoms with van der Waals surface area (Å²) in [6.45, 7) is 0. The molecule has 108 valence electrons. The third-order valence-electron chi connectivity index (χ3n) is 2.57. The van der Waals surface area contributed by atoms with E-state index >= 15 is 0 Å². The summed E-state index contributed by atoms with van der Waals surface area (Å²) < 4.78 is 25.6. The second-order valence-electron chi connectivity index (χ2n) is 4.04. The smallest absolute Gasteiger partial charge is 0.267 e. The highest BCUT2D eigenvalue weighted by molar-refractivity contribution is 6.33. The molecule has 0 saturated heterocycles. The van der Waals surface area contributed by atoms with Gasteiger partial charge in [0, 0.05) is 5.56 Å². The van der Waals surface area contributed by atoms with Gasteiger partial charge in [-0.05, 0) is 42.5 Å². The molecule has 2 aromatic rings. The third kappa shape index (κ3) is 3.76. The number of amides is 2. The van der Waals surface area contributed by atoms with Gasteiger partial charge >= 0.3 is 0 Å². The van der Waals surface area contributed by atoms with Gasteiger partial charge in [-0.1, -0.05) is 11.6 Å². The molecule has 0 fully saturated rings. The molecule has 21 heavy (non-hydrogen) atoms. The van der Waals surface area contributed by atoms with Gasteiger partial charge in [-0.25, -0.2) is 8.78 Å². The second-order valence-corrected chi connectivity index (χ2v) is 4.45. The van der Waals surface area contributed by atoms with Crippen molar-refractivity contribution in [2.45, 2.75) is 0 Å². The van der Waals surface area contributed by atoms with E-state index in [1.807, 2.05) is 0 Å². The van der Waals surface area contributed by atoms with Crippen LogP contribution in [0.1, 0.15) is 20.7 Å². The SMILES string of the molecule is O=C(NNC(=O)c1ccc(F)cc1Cl)c1ccc(F)cc1. The Morgan fingerprint density at radius 2 is 1.43 bits per heavy atom. The van der Waals surface area contributed by atoms with E-state index in [-0.39, 0.29) is 16.1 Å². The van der Waals surface area contributed by atoms with Crippen LogP contribution in [0.4, 0.5) is 8.78 Å². The first-order valence-electron chi connectivity index (χ1n) is 5.78. The molecule has 7 heteroatoms. The van der Waals surface area contributed by atoms with Crippen LogP contribution in [0.3, 0.4) is 0 Å². The van der Waals surface area contributed by atoms with Crippen molar-refractivity contribution in [2.75, 3.05) is 0 Å². The van der Waals surface area contributed by atoms with Gasteiger partial charge in [0.15, 0.2) is 0 Å². The number of hydrazine groups is 1. The van der Waals surface area contributed by atoms with Gasteiger partial charge in [0.05, 0.1) is 10.6 Å². The van der Waals surface area contributed by atoms with Crippen molar-refractivity contribution in [3.05, 3.63) is 70.2 Å². The summed E-state index contributed by atoms with van der Waals surface area (Å²) >= 11 is 5.72. The van der Waals surface area contributed by atoms with Crippen molar-refractivity contribution >= 4 is 23.4 Å². The van der Waals surface area contributed by atoms with Crippen LogP contribution in [0.5, 0.6) is 0 Å². The monoisotopic (exact) mass is 310 g/mol. The third-order valence-corrected chi connectivity index (χ3v) is 2.88. The van der Waals surface area contributed by atoms with E-state index < -0.39 is 23.4 Å². The van der Waals surface area contributed by atoms with Crippen molar-refractivity contribution in [1.29, 1.82) is 0 Å².